The van der Waals surface area contributed by atoms with Crippen molar-refractivity contribution in [1.29, 1.82) is 0 Å². The average molecular weight is 264 g/mol. The highest BCUT2D eigenvalue weighted by molar-refractivity contribution is 5.97. The number of rotatable bonds is 4. The first-order valence-corrected chi connectivity index (χ1v) is 6.80. The Morgan fingerprint density at radius 3 is 2.70 bits per heavy atom. The highest BCUT2D eigenvalue weighted by atomic mass is 16.3. The number of benzene rings is 2. The van der Waals surface area contributed by atoms with Gasteiger partial charge in [-0.3, -0.25) is 4.79 Å². The second kappa shape index (κ2) is 5.33. The van der Waals surface area contributed by atoms with E-state index in [-0.39, 0.29) is 5.78 Å². The summed E-state index contributed by atoms with van der Waals surface area (Å²) in [4.78, 5) is 12.2. The molecule has 1 heterocycles. The number of carbonyl (C=O) groups is 1. The van der Waals surface area contributed by atoms with Gasteiger partial charge in [0, 0.05) is 11.8 Å². The van der Waals surface area contributed by atoms with Crippen LogP contribution in [-0.4, -0.2) is 5.78 Å². The predicted molar refractivity (Wildman–Crippen MR) is 80.0 cm³/mol. The Balaban J connectivity index is 1.73. The number of ketones is 1. The number of Topliss-reactive ketones (excluding diaryl/α,β-unsaturated/α-hetero) is 1. The number of aryl methyl sites for hydroxylation is 2. The minimum Gasteiger partial charge on any atom is -0.453 e. The van der Waals surface area contributed by atoms with Gasteiger partial charge in [0.15, 0.2) is 11.5 Å². The van der Waals surface area contributed by atoms with Gasteiger partial charge in [0.1, 0.15) is 5.58 Å². The Labute approximate surface area is 118 Å². The van der Waals surface area contributed by atoms with Crippen LogP contribution in [-0.2, 0) is 6.42 Å². The SMILES string of the molecule is Cc1cccc(CCC(=O)c2cc3ccccc3o2)c1. The maximum atomic E-state index is 12.2. The minimum atomic E-state index is 0.0581. The van der Waals surface area contributed by atoms with Gasteiger partial charge in [-0.1, -0.05) is 48.0 Å². The summed E-state index contributed by atoms with van der Waals surface area (Å²) in [5.41, 5.74) is 3.18. The molecule has 20 heavy (non-hydrogen) atoms. The van der Waals surface area contributed by atoms with Crippen LogP contribution >= 0.6 is 0 Å². The van der Waals surface area contributed by atoms with Crippen LogP contribution in [0.2, 0.25) is 0 Å². The van der Waals surface area contributed by atoms with Crippen molar-refractivity contribution in [3.63, 3.8) is 0 Å². The summed E-state index contributed by atoms with van der Waals surface area (Å²) in [5, 5.41) is 0.978. The molecule has 0 aliphatic rings. The molecule has 2 aromatic carbocycles. The molecule has 0 fully saturated rings. The zero-order valence-corrected chi connectivity index (χ0v) is 11.4. The maximum absolute atomic E-state index is 12.2. The van der Waals surface area contributed by atoms with Crippen LogP contribution in [0.4, 0.5) is 0 Å². The van der Waals surface area contributed by atoms with Gasteiger partial charge < -0.3 is 4.42 Å². The standard InChI is InChI=1S/C18H16O2/c1-13-5-4-6-14(11-13)9-10-16(19)18-12-15-7-2-3-8-17(15)20-18/h2-8,11-12H,9-10H2,1H3. The van der Waals surface area contributed by atoms with E-state index in [9.17, 15) is 4.79 Å². The van der Waals surface area contributed by atoms with Gasteiger partial charge in [-0.2, -0.15) is 0 Å². The smallest absolute Gasteiger partial charge is 0.198 e. The van der Waals surface area contributed by atoms with Crippen LogP contribution in [0.15, 0.2) is 59.0 Å². The summed E-state index contributed by atoms with van der Waals surface area (Å²) < 4.78 is 5.59. The van der Waals surface area contributed by atoms with Gasteiger partial charge in [0.25, 0.3) is 0 Å². The van der Waals surface area contributed by atoms with Crippen molar-refractivity contribution in [3.05, 3.63) is 71.5 Å². The first-order chi connectivity index (χ1) is 9.72. The molecule has 2 heteroatoms. The Hall–Kier alpha value is -2.35. The third kappa shape index (κ3) is 2.64. The first kappa shape index (κ1) is 12.7. The Bertz CT molecular complexity index is 720. The van der Waals surface area contributed by atoms with Crippen LogP contribution in [0.1, 0.15) is 28.1 Å². The van der Waals surface area contributed by atoms with E-state index in [2.05, 4.69) is 25.1 Å². The van der Waals surface area contributed by atoms with Gasteiger partial charge in [-0.05, 0) is 31.0 Å². The lowest BCUT2D eigenvalue weighted by Gasteiger charge is -2.01. The van der Waals surface area contributed by atoms with Crippen LogP contribution in [0.3, 0.4) is 0 Å². The second-order valence-electron chi connectivity index (χ2n) is 5.06. The van der Waals surface area contributed by atoms with E-state index in [1.807, 2.05) is 36.4 Å². The number of furan rings is 1. The van der Waals surface area contributed by atoms with Crippen molar-refractivity contribution in [3.8, 4) is 0 Å². The van der Waals surface area contributed by atoms with E-state index in [1.165, 1.54) is 11.1 Å². The third-order valence-electron chi connectivity index (χ3n) is 3.42. The van der Waals surface area contributed by atoms with E-state index in [4.69, 9.17) is 4.42 Å². The van der Waals surface area contributed by atoms with E-state index in [0.717, 1.165) is 17.4 Å². The van der Waals surface area contributed by atoms with Gasteiger partial charge in [-0.15, -0.1) is 0 Å². The Morgan fingerprint density at radius 1 is 1.05 bits per heavy atom. The van der Waals surface area contributed by atoms with Crippen molar-refractivity contribution in [2.75, 3.05) is 0 Å². The van der Waals surface area contributed by atoms with Crippen molar-refractivity contribution >= 4 is 16.8 Å². The molecular formula is C18H16O2. The number of para-hydroxylation sites is 1. The van der Waals surface area contributed by atoms with E-state index in [0.29, 0.717) is 12.2 Å². The number of hydrogen-bond acceptors (Lipinski definition) is 2. The van der Waals surface area contributed by atoms with Gasteiger partial charge in [0.2, 0.25) is 0 Å². The number of hydrogen-bond donors (Lipinski definition) is 0. The monoisotopic (exact) mass is 264 g/mol. The molecule has 0 radical (unpaired) electrons. The largest absolute Gasteiger partial charge is 0.453 e. The molecule has 0 saturated carbocycles. The van der Waals surface area contributed by atoms with Crippen molar-refractivity contribution < 1.29 is 9.21 Å². The lowest BCUT2D eigenvalue weighted by Crippen LogP contribution is -1.99. The molecule has 3 aromatic rings. The lowest BCUT2D eigenvalue weighted by atomic mass is 10.0. The third-order valence-corrected chi connectivity index (χ3v) is 3.42. The molecular weight excluding hydrogens is 248 g/mol. The summed E-state index contributed by atoms with van der Waals surface area (Å²) in [7, 11) is 0. The molecule has 100 valence electrons. The molecule has 0 aliphatic heterocycles. The van der Waals surface area contributed by atoms with Gasteiger partial charge in [0.05, 0.1) is 0 Å². The Kier molecular flexibility index (Phi) is 3.38. The van der Waals surface area contributed by atoms with Crippen molar-refractivity contribution in [2.45, 2.75) is 19.8 Å². The number of fused-ring (bicyclic) bond motifs is 1. The highest BCUT2D eigenvalue weighted by Crippen LogP contribution is 2.20. The van der Waals surface area contributed by atoms with Gasteiger partial charge >= 0.3 is 0 Å². The van der Waals surface area contributed by atoms with Crippen LogP contribution in [0.25, 0.3) is 11.0 Å². The van der Waals surface area contributed by atoms with E-state index < -0.39 is 0 Å². The summed E-state index contributed by atoms with van der Waals surface area (Å²) in [5.74, 6) is 0.515. The molecule has 0 unspecified atom stereocenters. The molecule has 0 atom stereocenters. The maximum Gasteiger partial charge on any atom is 0.198 e. The first-order valence-electron chi connectivity index (χ1n) is 6.80. The molecule has 0 saturated heterocycles. The van der Waals surface area contributed by atoms with Crippen molar-refractivity contribution in [1.82, 2.24) is 0 Å². The highest BCUT2D eigenvalue weighted by Gasteiger charge is 2.12. The molecule has 1 aromatic heterocycles. The molecule has 0 spiro atoms. The predicted octanol–water partition coefficient (Wildman–Crippen LogP) is 4.56. The molecule has 0 bridgehead atoms. The summed E-state index contributed by atoms with van der Waals surface area (Å²) in [6.07, 6.45) is 1.22. The molecule has 3 rings (SSSR count). The minimum absolute atomic E-state index is 0.0581. The fraction of sp³-hybridized carbons (Fsp3) is 0.167. The quantitative estimate of drug-likeness (QED) is 0.647. The van der Waals surface area contributed by atoms with E-state index in [1.54, 1.807) is 0 Å². The fourth-order valence-electron chi connectivity index (χ4n) is 2.37. The molecule has 2 nitrogen and oxygen atoms in total. The van der Waals surface area contributed by atoms with E-state index >= 15 is 0 Å². The summed E-state index contributed by atoms with van der Waals surface area (Å²) in [6.45, 7) is 2.06. The molecule has 0 N–H and O–H groups in total. The molecule has 0 amide bonds. The second-order valence-corrected chi connectivity index (χ2v) is 5.06. The van der Waals surface area contributed by atoms with Crippen molar-refractivity contribution in [2.24, 2.45) is 0 Å². The zero-order valence-electron chi connectivity index (χ0n) is 11.4. The Morgan fingerprint density at radius 2 is 1.90 bits per heavy atom. The zero-order chi connectivity index (χ0) is 13.9. The normalized spacial score (nSPS) is 10.8. The summed E-state index contributed by atoms with van der Waals surface area (Å²) >= 11 is 0. The summed E-state index contributed by atoms with van der Waals surface area (Å²) in [6, 6.07) is 17.8. The number of carbonyl (C=O) groups excluding carboxylic acids is 1. The fourth-order valence-corrected chi connectivity index (χ4v) is 2.37. The lowest BCUT2D eigenvalue weighted by molar-refractivity contribution is 0.0958. The van der Waals surface area contributed by atoms with Gasteiger partial charge in [-0.25, -0.2) is 0 Å². The molecule has 0 aliphatic carbocycles. The topological polar surface area (TPSA) is 30.2 Å². The van der Waals surface area contributed by atoms with Crippen LogP contribution in [0, 0.1) is 6.92 Å². The van der Waals surface area contributed by atoms with Crippen LogP contribution in [0.5, 0.6) is 0 Å². The van der Waals surface area contributed by atoms with Crippen LogP contribution < -0.4 is 0 Å². The average Bonchev–Trinajstić information content (AvgIpc) is 2.89.